The van der Waals surface area contributed by atoms with Crippen LogP contribution in [0.1, 0.15) is 23.9 Å². The van der Waals surface area contributed by atoms with Gasteiger partial charge in [0.15, 0.2) is 0 Å². The zero-order valence-corrected chi connectivity index (χ0v) is 12.6. The molecule has 0 saturated carbocycles. The van der Waals surface area contributed by atoms with Gasteiger partial charge in [-0.2, -0.15) is 5.10 Å². The average molecular weight is 312 g/mol. The summed E-state index contributed by atoms with van der Waals surface area (Å²) in [7, 11) is 1.75. The molecule has 0 aliphatic heterocycles. The maximum absolute atomic E-state index is 13.4. The van der Waals surface area contributed by atoms with Crippen LogP contribution >= 0.6 is 11.6 Å². The zero-order valence-electron chi connectivity index (χ0n) is 11.9. The fraction of sp³-hybridized carbons (Fsp3) is 0.286. The number of ether oxygens (including phenoxy) is 1. The van der Waals surface area contributed by atoms with Crippen molar-refractivity contribution in [1.29, 1.82) is 0 Å². The Labute approximate surface area is 126 Å². The van der Waals surface area contributed by atoms with E-state index in [9.17, 15) is 4.39 Å². The van der Waals surface area contributed by atoms with Crippen LogP contribution in [0, 0.1) is 12.7 Å². The maximum atomic E-state index is 13.4. The second kappa shape index (κ2) is 6.13. The first-order valence-corrected chi connectivity index (χ1v) is 6.61. The van der Waals surface area contributed by atoms with Gasteiger partial charge in [0.1, 0.15) is 18.2 Å². The number of aromatic nitrogens is 2. The predicted octanol–water partition coefficient (Wildman–Crippen LogP) is 3.30. The van der Waals surface area contributed by atoms with Crippen LogP contribution in [0.2, 0.25) is 5.02 Å². The van der Waals surface area contributed by atoms with E-state index in [1.54, 1.807) is 25.6 Å². The van der Waals surface area contributed by atoms with E-state index in [1.807, 2.05) is 0 Å². The molecule has 1 heterocycles. The molecule has 0 saturated heterocycles. The quantitative estimate of drug-likeness (QED) is 0.535. The van der Waals surface area contributed by atoms with Crippen LogP contribution in [0.25, 0.3) is 0 Å². The highest BCUT2D eigenvalue weighted by Gasteiger charge is 2.14. The van der Waals surface area contributed by atoms with Crippen LogP contribution < -0.4 is 4.74 Å². The molecule has 0 bridgehead atoms. The third kappa shape index (κ3) is 3.16. The van der Waals surface area contributed by atoms with E-state index >= 15 is 0 Å². The molecule has 5 nitrogen and oxygen atoms in total. The molecule has 0 fully saturated rings. The van der Waals surface area contributed by atoms with Crippen molar-refractivity contribution in [2.24, 2.45) is 12.2 Å². The van der Waals surface area contributed by atoms with Crippen LogP contribution in [-0.4, -0.2) is 20.7 Å². The number of rotatable bonds is 4. The molecule has 1 N–H and O–H groups in total. The summed E-state index contributed by atoms with van der Waals surface area (Å²) in [6.45, 7) is 3.52. The van der Waals surface area contributed by atoms with E-state index in [0.717, 1.165) is 0 Å². The lowest BCUT2D eigenvalue weighted by Crippen LogP contribution is -2.07. The largest absolute Gasteiger partial charge is 0.486 e. The van der Waals surface area contributed by atoms with E-state index < -0.39 is 5.82 Å². The topological polar surface area (TPSA) is 59.6 Å². The monoisotopic (exact) mass is 311 g/mol. The number of halogens is 2. The molecule has 2 rings (SSSR count). The third-order valence-electron chi connectivity index (χ3n) is 3.11. The van der Waals surface area contributed by atoms with Gasteiger partial charge in [-0.3, -0.25) is 4.68 Å². The lowest BCUT2D eigenvalue weighted by atomic mass is 10.1. The summed E-state index contributed by atoms with van der Waals surface area (Å²) < 4.78 is 20.6. The molecule has 7 heteroatoms. The highest BCUT2D eigenvalue weighted by molar-refractivity contribution is 6.31. The summed E-state index contributed by atoms with van der Waals surface area (Å²) in [4.78, 5) is 0. The molecular weight excluding hydrogens is 297 g/mol. The van der Waals surface area contributed by atoms with Gasteiger partial charge in [-0.25, -0.2) is 4.39 Å². The van der Waals surface area contributed by atoms with Crippen molar-refractivity contribution in [3.8, 4) is 5.75 Å². The zero-order chi connectivity index (χ0) is 15.6. The fourth-order valence-corrected chi connectivity index (χ4v) is 2.17. The minimum Gasteiger partial charge on any atom is -0.486 e. The van der Waals surface area contributed by atoms with Crippen LogP contribution in [0.4, 0.5) is 4.39 Å². The van der Waals surface area contributed by atoms with Gasteiger partial charge in [0.25, 0.3) is 0 Å². The highest BCUT2D eigenvalue weighted by atomic mass is 35.5. The van der Waals surface area contributed by atoms with Crippen LogP contribution in [0.15, 0.2) is 23.4 Å². The van der Waals surface area contributed by atoms with Crippen molar-refractivity contribution in [2.75, 3.05) is 0 Å². The molecule has 112 valence electrons. The number of aryl methyl sites for hydroxylation is 2. The minimum absolute atomic E-state index is 0.130. The summed E-state index contributed by atoms with van der Waals surface area (Å²) in [6, 6.07) is 4.01. The van der Waals surface area contributed by atoms with E-state index in [2.05, 4.69) is 10.3 Å². The molecule has 0 aliphatic rings. The average Bonchev–Trinajstić information content (AvgIpc) is 2.69. The van der Waals surface area contributed by atoms with Gasteiger partial charge in [0.2, 0.25) is 0 Å². The first kappa shape index (κ1) is 15.3. The first-order chi connectivity index (χ1) is 9.93. The second-order valence-electron chi connectivity index (χ2n) is 4.58. The summed E-state index contributed by atoms with van der Waals surface area (Å²) in [5.41, 5.74) is 2.22. The van der Waals surface area contributed by atoms with Gasteiger partial charge in [-0.05, 0) is 26.0 Å². The summed E-state index contributed by atoms with van der Waals surface area (Å²) >= 11 is 6.14. The predicted molar refractivity (Wildman–Crippen MR) is 77.7 cm³/mol. The minimum atomic E-state index is -0.438. The number of hydrogen-bond donors (Lipinski definition) is 1. The Bertz CT molecular complexity index is 698. The number of nitrogens with zero attached hydrogens (tertiary/aromatic N) is 3. The van der Waals surface area contributed by atoms with Gasteiger partial charge in [0, 0.05) is 18.7 Å². The maximum Gasteiger partial charge on any atom is 0.131 e. The second-order valence-corrected chi connectivity index (χ2v) is 4.96. The van der Waals surface area contributed by atoms with Gasteiger partial charge < -0.3 is 9.94 Å². The first-order valence-electron chi connectivity index (χ1n) is 6.23. The Morgan fingerprint density at radius 1 is 1.52 bits per heavy atom. The Balaban J connectivity index is 2.29. The lowest BCUT2D eigenvalue weighted by molar-refractivity contribution is 0.291. The molecule has 0 spiro atoms. The Morgan fingerprint density at radius 3 is 2.81 bits per heavy atom. The lowest BCUT2D eigenvalue weighted by Gasteiger charge is -2.11. The summed E-state index contributed by atoms with van der Waals surface area (Å²) in [5.74, 6) is -0.160. The van der Waals surface area contributed by atoms with Gasteiger partial charge in [0.05, 0.1) is 22.1 Å². The molecule has 1 aromatic heterocycles. The number of hydrogen-bond acceptors (Lipinski definition) is 4. The Morgan fingerprint density at radius 2 is 2.24 bits per heavy atom. The summed E-state index contributed by atoms with van der Waals surface area (Å²) in [6.07, 6.45) is 0. The van der Waals surface area contributed by atoms with E-state index in [4.69, 9.17) is 21.5 Å². The van der Waals surface area contributed by atoms with Crippen molar-refractivity contribution in [2.45, 2.75) is 20.5 Å². The molecule has 1 aromatic carbocycles. The van der Waals surface area contributed by atoms with Crippen LogP contribution in [-0.2, 0) is 13.7 Å². The molecule has 0 aliphatic carbocycles. The van der Waals surface area contributed by atoms with E-state index in [0.29, 0.717) is 27.7 Å². The van der Waals surface area contributed by atoms with E-state index in [1.165, 1.54) is 18.2 Å². The molecular formula is C14H15ClFN3O2. The van der Waals surface area contributed by atoms with Crippen LogP contribution in [0.3, 0.4) is 0 Å². The molecule has 21 heavy (non-hydrogen) atoms. The Kier molecular flexibility index (Phi) is 4.47. The number of benzene rings is 1. The molecule has 0 amide bonds. The molecule has 0 atom stereocenters. The van der Waals surface area contributed by atoms with Crippen molar-refractivity contribution in [3.05, 3.63) is 46.0 Å². The molecule has 0 radical (unpaired) electrons. The highest BCUT2D eigenvalue weighted by Crippen LogP contribution is 2.25. The SMILES string of the molecule is CC(=NO)c1ccc(F)cc1OCc1c(Cl)c(C)nn1C. The van der Waals surface area contributed by atoms with Crippen molar-refractivity contribution < 1.29 is 14.3 Å². The van der Waals surface area contributed by atoms with Crippen molar-refractivity contribution in [3.63, 3.8) is 0 Å². The standard InChI is InChI=1S/C14H15ClFN3O2/c1-8(18-20)11-5-4-10(16)6-13(11)21-7-12-14(15)9(2)17-19(12)3/h4-6,20H,7H2,1-3H3. The summed E-state index contributed by atoms with van der Waals surface area (Å²) in [5, 5.41) is 16.7. The molecule has 2 aromatic rings. The van der Waals surface area contributed by atoms with E-state index in [-0.39, 0.29) is 12.4 Å². The third-order valence-corrected chi connectivity index (χ3v) is 3.60. The fourth-order valence-electron chi connectivity index (χ4n) is 1.95. The van der Waals surface area contributed by atoms with Gasteiger partial charge >= 0.3 is 0 Å². The Hall–Kier alpha value is -2.08. The van der Waals surface area contributed by atoms with Crippen molar-refractivity contribution >= 4 is 17.3 Å². The normalized spacial score (nSPS) is 11.8. The van der Waals surface area contributed by atoms with Gasteiger partial charge in [-0.1, -0.05) is 16.8 Å². The smallest absolute Gasteiger partial charge is 0.131 e. The number of oxime groups is 1. The van der Waals surface area contributed by atoms with Gasteiger partial charge in [-0.15, -0.1) is 0 Å². The van der Waals surface area contributed by atoms with Crippen molar-refractivity contribution in [1.82, 2.24) is 9.78 Å². The van der Waals surface area contributed by atoms with Crippen LogP contribution in [0.5, 0.6) is 5.75 Å². The molecule has 0 unspecified atom stereocenters.